The topological polar surface area (TPSA) is 9.23 Å². The molecule has 2 atom stereocenters. The predicted octanol–water partition coefficient (Wildman–Crippen LogP) is 6.94. The zero-order valence-corrected chi connectivity index (χ0v) is 16.5. The average molecular weight is 390 g/mol. The summed E-state index contributed by atoms with van der Waals surface area (Å²) in [5.41, 5.74) is 3.59. The largest absolute Gasteiger partial charge is 0.435 e. The predicted molar refractivity (Wildman–Crippen MR) is 113 cm³/mol. The van der Waals surface area contributed by atoms with E-state index in [1.807, 2.05) is 0 Å². The maximum atomic E-state index is 12.3. The lowest BCUT2D eigenvalue weighted by molar-refractivity contribution is -0.0498. The van der Waals surface area contributed by atoms with E-state index in [4.69, 9.17) is 0 Å². The van der Waals surface area contributed by atoms with Crippen LogP contribution in [0, 0.1) is 17.8 Å². The summed E-state index contributed by atoms with van der Waals surface area (Å²) in [4.78, 5) is 0. The molecule has 148 valence electrons. The van der Waals surface area contributed by atoms with Gasteiger partial charge >= 0.3 is 6.61 Å². The van der Waals surface area contributed by atoms with Crippen LogP contribution in [-0.2, 0) is 6.42 Å². The molecule has 0 aliphatic heterocycles. The molecule has 3 aromatic carbocycles. The van der Waals surface area contributed by atoms with Crippen molar-refractivity contribution in [1.29, 1.82) is 0 Å². The van der Waals surface area contributed by atoms with Gasteiger partial charge in [0.2, 0.25) is 0 Å². The van der Waals surface area contributed by atoms with Crippen molar-refractivity contribution in [1.82, 2.24) is 0 Å². The number of ether oxygens (including phenoxy) is 1. The summed E-state index contributed by atoms with van der Waals surface area (Å²) in [6.45, 7) is -0.586. The first-order valence-electron chi connectivity index (χ1n) is 10.2. The maximum absolute atomic E-state index is 12.3. The minimum atomic E-state index is -2.81. The molecule has 0 radical (unpaired) electrons. The van der Waals surface area contributed by atoms with E-state index in [1.165, 1.54) is 21.9 Å². The number of hydrogen-bond donors (Lipinski definition) is 0. The molecular formula is C26H24F2O. The summed E-state index contributed by atoms with van der Waals surface area (Å²) >= 11 is 0. The second-order valence-electron chi connectivity index (χ2n) is 7.59. The van der Waals surface area contributed by atoms with Gasteiger partial charge in [0.25, 0.3) is 0 Å². The van der Waals surface area contributed by atoms with E-state index in [9.17, 15) is 8.78 Å². The van der Waals surface area contributed by atoms with Crippen LogP contribution in [0.5, 0.6) is 5.75 Å². The van der Waals surface area contributed by atoms with Gasteiger partial charge in [-0.15, -0.1) is 0 Å². The van der Waals surface area contributed by atoms with Gasteiger partial charge in [-0.3, -0.25) is 0 Å². The number of alkyl halides is 2. The number of rotatable bonds is 4. The highest BCUT2D eigenvalue weighted by Crippen LogP contribution is 2.41. The Hall–Kier alpha value is -2.86. The van der Waals surface area contributed by atoms with Gasteiger partial charge in [-0.1, -0.05) is 61.6 Å². The Kier molecular flexibility index (Phi) is 5.81. The van der Waals surface area contributed by atoms with Gasteiger partial charge in [-0.05, 0) is 71.3 Å². The number of hydrogen-bond acceptors (Lipinski definition) is 1. The van der Waals surface area contributed by atoms with Gasteiger partial charge < -0.3 is 4.74 Å². The molecule has 0 heterocycles. The van der Waals surface area contributed by atoms with Crippen LogP contribution in [0.15, 0.2) is 60.7 Å². The minimum absolute atomic E-state index is 0.156. The van der Waals surface area contributed by atoms with Crippen LogP contribution in [0.1, 0.15) is 48.8 Å². The molecule has 4 rings (SSSR count). The monoisotopic (exact) mass is 390 g/mol. The third-order valence-corrected chi connectivity index (χ3v) is 5.76. The fourth-order valence-electron chi connectivity index (χ4n) is 4.43. The molecule has 1 aliphatic carbocycles. The summed E-state index contributed by atoms with van der Waals surface area (Å²) in [7, 11) is 0. The van der Waals surface area contributed by atoms with E-state index in [0.717, 1.165) is 31.2 Å². The quantitative estimate of drug-likeness (QED) is 0.439. The Balaban J connectivity index is 1.68. The normalized spacial score (nSPS) is 18.2. The molecule has 1 nitrogen and oxygen atoms in total. The van der Waals surface area contributed by atoms with Crippen LogP contribution in [0.3, 0.4) is 0 Å². The van der Waals surface area contributed by atoms with Crippen molar-refractivity contribution in [3.8, 4) is 17.6 Å². The van der Waals surface area contributed by atoms with Crippen LogP contribution in [-0.4, -0.2) is 6.61 Å². The molecule has 3 heteroatoms. The Bertz CT molecular complexity index is 1040. The van der Waals surface area contributed by atoms with Crippen LogP contribution in [0.25, 0.3) is 10.8 Å². The fourth-order valence-corrected chi connectivity index (χ4v) is 4.43. The molecular weight excluding hydrogens is 366 g/mol. The van der Waals surface area contributed by atoms with Crippen LogP contribution in [0.2, 0.25) is 0 Å². The lowest BCUT2D eigenvalue weighted by Crippen LogP contribution is -2.20. The first-order valence-corrected chi connectivity index (χ1v) is 10.2. The van der Waals surface area contributed by atoms with Crippen molar-refractivity contribution in [2.24, 2.45) is 5.92 Å². The molecule has 0 amide bonds. The lowest BCUT2D eigenvalue weighted by atomic mass is 9.72. The molecule has 0 saturated carbocycles. The SMILES string of the molecule is CCC[C@@H]1CCc2c(ccc3ccccc23)[C@H]1C#Cc1ccc(OC(F)F)cc1. The highest BCUT2D eigenvalue weighted by Gasteiger charge is 2.28. The number of halogens is 2. The molecule has 0 bridgehead atoms. The molecule has 0 unspecified atom stereocenters. The summed E-state index contributed by atoms with van der Waals surface area (Å²) in [5, 5.41) is 2.61. The van der Waals surface area contributed by atoms with E-state index in [-0.39, 0.29) is 11.7 Å². The van der Waals surface area contributed by atoms with E-state index in [1.54, 1.807) is 24.3 Å². The van der Waals surface area contributed by atoms with Gasteiger partial charge in [0.15, 0.2) is 0 Å². The molecule has 29 heavy (non-hydrogen) atoms. The van der Waals surface area contributed by atoms with E-state index < -0.39 is 6.61 Å². The standard InChI is InChI=1S/C26H24F2O/c1-2-5-19-11-16-24-22-7-4-3-6-20(22)12-17-25(24)23(19)15-10-18-8-13-21(14-9-18)29-26(27)28/h3-4,6-9,12-14,17,19,23,26H,2,5,11,16H2,1H3/t19-,23+/m1/s1. The van der Waals surface area contributed by atoms with E-state index in [0.29, 0.717) is 5.92 Å². The van der Waals surface area contributed by atoms with Gasteiger partial charge in [-0.2, -0.15) is 8.78 Å². The van der Waals surface area contributed by atoms with E-state index >= 15 is 0 Å². The van der Waals surface area contributed by atoms with Crippen molar-refractivity contribution in [3.63, 3.8) is 0 Å². The molecule has 3 aromatic rings. The number of benzene rings is 3. The number of fused-ring (bicyclic) bond motifs is 3. The molecule has 1 aliphatic rings. The van der Waals surface area contributed by atoms with Gasteiger partial charge in [0.05, 0.1) is 0 Å². The molecule has 0 saturated heterocycles. The van der Waals surface area contributed by atoms with Crippen LogP contribution in [0.4, 0.5) is 8.78 Å². The second-order valence-corrected chi connectivity index (χ2v) is 7.59. The Labute approximate surface area is 170 Å². The van der Waals surface area contributed by atoms with Crippen molar-refractivity contribution in [2.45, 2.75) is 45.1 Å². The smallest absolute Gasteiger partial charge is 0.387 e. The Morgan fingerprint density at radius 2 is 1.83 bits per heavy atom. The van der Waals surface area contributed by atoms with Crippen molar-refractivity contribution < 1.29 is 13.5 Å². The number of aryl methyl sites for hydroxylation is 1. The summed E-state index contributed by atoms with van der Waals surface area (Å²) in [6.07, 6.45) is 4.55. The minimum Gasteiger partial charge on any atom is -0.435 e. The summed E-state index contributed by atoms with van der Waals surface area (Å²) in [6, 6.07) is 19.6. The zero-order valence-electron chi connectivity index (χ0n) is 16.5. The zero-order chi connectivity index (χ0) is 20.2. The van der Waals surface area contributed by atoms with Gasteiger partial charge in [0.1, 0.15) is 5.75 Å². The average Bonchev–Trinajstić information content (AvgIpc) is 2.73. The van der Waals surface area contributed by atoms with Crippen LogP contribution < -0.4 is 4.74 Å². The lowest BCUT2D eigenvalue weighted by Gasteiger charge is -2.31. The highest BCUT2D eigenvalue weighted by atomic mass is 19.3. The highest BCUT2D eigenvalue weighted by molar-refractivity contribution is 5.87. The van der Waals surface area contributed by atoms with Gasteiger partial charge in [0, 0.05) is 11.5 Å². The first kappa shape index (κ1) is 19.5. The first-order chi connectivity index (χ1) is 14.2. The third kappa shape index (κ3) is 4.27. The van der Waals surface area contributed by atoms with Crippen LogP contribution >= 0.6 is 0 Å². The Morgan fingerprint density at radius 3 is 2.59 bits per heavy atom. The molecule has 0 fully saturated rings. The Morgan fingerprint density at radius 1 is 1.03 bits per heavy atom. The molecule has 0 spiro atoms. The summed E-state index contributed by atoms with van der Waals surface area (Å²) in [5.74, 6) is 7.69. The van der Waals surface area contributed by atoms with Crippen molar-refractivity contribution in [2.75, 3.05) is 0 Å². The third-order valence-electron chi connectivity index (χ3n) is 5.76. The molecule has 0 N–H and O–H groups in total. The van der Waals surface area contributed by atoms with Gasteiger partial charge in [-0.25, -0.2) is 0 Å². The molecule has 0 aromatic heterocycles. The van der Waals surface area contributed by atoms with E-state index in [2.05, 4.69) is 59.9 Å². The summed E-state index contributed by atoms with van der Waals surface area (Å²) < 4.78 is 29.1. The second kappa shape index (κ2) is 8.66. The van der Waals surface area contributed by atoms with Crippen molar-refractivity contribution in [3.05, 3.63) is 77.4 Å². The fraction of sp³-hybridized carbons (Fsp3) is 0.308. The van der Waals surface area contributed by atoms with Crippen molar-refractivity contribution >= 4 is 10.8 Å². The maximum Gasteiger partial charge on any atom is 0.387 e.